The molecular weight excluding hydrogens is 498 g/mol. The van der Waals surface area contributed by atoms with Gasteiger partial charge in [0.1, 0.15) is 0 Å². The van der Waals surface area contributed by atoms with Crippen LogP contribution in [0.2, 0.25) is 0 Å². The van der Waals surface area contributed by atoms with Crippen LogP contribution in [-0.4, -0.2) is 10.1 Å². The van der Waals surface area contributed by atoms with Gasteiger partial charge in [0.15, 0.2) is 0 Å². The Morgan fingerprint density at radius 3 is 2.35 bits per heavy atom. The van der Waals surface area contributed by atoms with Gasteiger partial charge in [-0.25, -0.2) is 5.57 Å². The number of allylic oxidation sites excluding steroid dienone is 3. The van der Waals surface area contributed by atoms with Gasteiger partial charge in [0.25, 0.3) is 0 Å². The van der Waals surface area contributed by atoms with Crippen LogP contribution >= 0.6 is 0 Å². The summed E-state index contributed by atoms with van der Waals surface area (Å²) in [6, 6.07) is 20.0. The van der Waals surface area contributed by atoms with Crippen molar-refractivity contribution in [3.63, 3.8) is 0 Å². The first-order chi connectivity index (χ1) is 11.8. The predicted octanol–water partition coefficient (Wildman–Crippen LogP) is 6.14. The van der Waals surface area contributed by atoms with E-state index in [-0.39, 0.29) is 25.9 Å². The average molecular weight is 522 g/mol. The van der Waals surface area contributed by atoms with Crippen molar-refractivity contribution < 1.29 is 25.2 Å². The van der Waals surface area contributed by atoms with E-state index < -0.39 is 0 Å². The van der Waals surface area contributed by atoms with E-state index in [1.54, 1.807) is 13.8 Å². The summed E-state index contributed by atoms with van der Waals surface area (Å²) in [4.78, 5) is 4.70. The van der Waals surface area contributed by atoms with Crippen molar-refractivity contribution >= 4 is 10.9 Å². The first kappa shape index (κ1) is 21.8. The molecule has 0 aliphatic rings. The number of benzene rings is 2. The molecule has 0 atom stereocenters. The fourth-order valence-corrected chi connectivity index (χ4v) is 2.58. The second-order valence-corrected chi connectivity index (χ2v) is 6.17. The van der Waals surface area contributed by atoms with Gasteiger partial charge in [0.2, 0.25) is 0 Å². The quantitative estimate of drug-likeness (QED) is 0.250. The summed E-state index contributed by atoms with van der Waals surface area (Å²) >= 11 is 0. The van der Waals surface area contributed by atoms with Crippen molar-refractivity contribution in [3.8, 4) is 11.3 Å². The van der Waals surface area contributed by atoms with Crippen molar-refractivity contribution in [2.24, 2.45) is 0 Å². The van der Waals surface area contributed by atoms with Crippen LogP contribution < -0.4 is 0 Å². The second kappa shape index (κ2) is 10.1. The summed E-state index contributed by atoms with van der Waals surface area (Å²) < 4.78 is 0. The number of hydrogen-bond donors (Lipinski definition) is 1. The molecule has 1 N–H and O–H groups in total. The summed E-state index contributed by atoms with van der Waals surface area (Å²) in [5.41, 5.74) is 6.11. The van der Waals surface area contributed by atoms with E-state index in [0.717, 1.165) is 22.3 Å². The molecular formula is C23H23IrNO-2. The molecule has 1 heterocycles. The summed E-state index contributed by atoms with van der Waals surface area (Å²) in [7, 11) is 0. The zero-order valence-corrected chi connectivity index (χ0v) is 17.9. The van der Waals surface area contributed by atoms with Crippen molar-refractivity contribution in [3.05, 3.63) is 89.7 Å². The molecule has 1 aromatic heterocycles. The average Bonchev–Trinajstić information content (AvgIpc) is 2.53. The summed E-state index contributed by atoms with van der Waals surface area (Å²) in [6.07, 6.45) is 1.50. The number of para-hydroxylation sites is 1. The Morgan fingerprint density at radius 1 is 1.08 bits per heavy atom. The molecule has 0 aliphatic carbocycles. The summed E-state index contributed by atoms with van der Waals surface area (Å²) in [5, 5.41) is 9.65. The zero-order chi connectivity index (χ0) is 18.4. The molecule has 3 rings (SSSR count). The first-order valence-electron chi connectivity index (χ1n) is 8.18. The normalized spacial score (nSPS) is 10.5. The zero-order valence-electron chi connectivity index (χ0n) is 15.5. The molecule has 3 heteroatoms. The third-order valence-electron chi connectivity index (χ3n) is 3.46. The standard InChI is InChI=1S/C17H14N.C6H9O.Ir/c1-12-9-13(2)11-15(10-12)17-8-7-14-5-3-4-6-16(14)18-17;1-5(2)4-6(3)7;/h3-10H,1-2H3;1,4,7H,2-3H3;/q2*-1;/b;6-4-;. The Kier molecular flexibility index (Phi) is 8.44. The van der Waals surface area contributed by atoms with E-state index in [2.05, 4.69) is 50.2 Å². The Hall–Kier alpha value is -2.22. The van der Waals surface area contributed by atoms with E-state index in [0.29, 0.717) is 5.57 Å². The van der Waals surface area contributed by atoms with Gasteiger partial charge in [0.05, 0.1) is 5.52 Å². The number of hydrogen-bond acceptors (Lipinski definition) is 2. The van der Waals surface area contributed by atoms with Crippen LogP contribution in [0.15, 0.2) is 65.9 Å². The monoisotopic (exact) mass is 522 g/mol. The van der Waals surface area contributed by atoms with Crippen LogP contribution in [0.3, 0.4) is 0 Å². The van der Waals surface area contributed by atoms with Crippen LogP contribution in [0.25, 0.3) is 22.2 Å². The van der Waals surface area contributed by atoms with Crippen molar-refractivity contribution in [1.29, 1.82) is 0 Å². The smallest absolute Gasteiger partial charge is 0.0595 e. The molecule has 0 amide bonds. The number of aliphatic hydroxyl groups is 1. The largest absolute Gasteiger partial charge is 0.531 e. The van der Waals surface area contributed by atoms with E-state index in [9.17, 15) is 0 Å². The van der Waals surface area contributed by atoms with Gasteiger partial charge in [-0.2, -0.15) is 6.08 Å². The molecule has 2 nitrogen and oxygen atoms in total. The molecule has 1 radical (unpaired) electrons. The molecule has 0 saturated heterocycles. The van der Waals surface area contributed by atoms with Crippen molar-refractivity contribution in [2.75, 3.05) is 0 Å². The first-order valence-corrected chi connectivity index (χ1v) is 8.18. The van der Waals surface area contributed by atoms with Gasteiger partial charge in [-0.15, -0.1) is 34.9 Å². The van der Waals surface area contributed by atoms with Crippen LogP contribution in [0.5, 0.6) is 0 Å². The van der Waals surface area contributed by atoms with Crippen LogP contribution in [0, 0.1) is 26.5 Å². The molecule has 0 bridgehead atoms. The van der Waals surface area contributed by atoms with Gasteiger partial charge in [-0.1, -0.05) is 51.1 Å². The van der Waals surface area contributed by atoms with E-state index in [1.807, 2.05) is 18.2 Å². The van der Waals surface area contributed by atoms with Gasteiger partial charge >= 0.3 is 0 Å². The van der Waals surface area contributed by atoms with Gasteiger partial charge in [-0.3, -0.25) is 11.6 Å². The molecule has 3 aromatic rings. The van der Waals surface area contributed by atoms with Gasteiger partial charge < -0.3 is 5.11 Å². The van der Waals surface area contributed by atoms with Crippen molar-refractivity contribution in [2.45, 2.75) is 27.7 Å². The Morgan fingerprint density at radius 2 is 1.77 bits per heavy atom. The minimum absolute atomic E-state index is 0. The molecule has 0 saturated carbocycles. The van der Waals surface area contributed by atoms with Crippen LogP contribution in [0.1, 0.15) is 25.0 Å². The fourth-order valence-electron chi connectivity index (χ4n) is 2.58. The number of aliphatic hydroxyl groups excluding tert-OH is 1. The molecule has 0 fully saturated rings. The fraction of sp³-hybridized carbons (Fsp3) is 0.174. The number of rotatable bonds is 2. The SMILES string of the molecule is Cc1[c-]c(-c2ccc3ccccc3n2)cc(C)c1.[CH-]=C(C)/C=C(/C)O.[Ir]. The van der Waals surface area contributed by atoms with Gasteiger partial charge in [-0.05, 0) is 24.1 Å². The Labute approximate surface area is 169 Å². The molecule has 26 heavy (non-hydrogen) atoms. The minimum Gasteiger partial charge on any atom is -0.531 e. The molecule has 137 valence electrons. The molecule has 2 aromatic carbocycles. The third kappa shape index (κ3) is 6.59. The number of aromatic nitrogens is 1. The Bertz CT molecular complexity index is 904. The summed E-state index contributed by atoms with van der Waals surface area (Å²) in [5.74, 6) is 0.250. The second-order valence-electron chi connectivity index (χ2n) is 6.17. The third-order valence-corrected chi connectivity index (χ3v) is 3.46. The van der Waals surface area contributed by atoms with Gasteiger partial charge in [0, 0.05) is 25.9 Å². The van der Waals surface area contributed by atoms with Crippen LogP contribution in [0.4, 0.5) is 0 Å². The van der Waals surface area contributed by atoms with E-state index in [4.69, 9.17) is 16.7 Å². The van der Waals surface area contributed by atoms with Crippen LogP contribution in [-0.2, 0) is 20.1 Å². The minimum atomic E-state index is 0. The van der Waals surface area contributed by atoms with E-state index in [1.165, 1.54) is 17.0 Å². The maximum atomic E-state index is 8.48. The topological polar surface area (TPSA) is 33.1 Å². The van der Waals surface area contributed by atoms with Crippen molar-refractivity contribution in [1.82, 2.24) is 4.98 Å². The predicted molar refractivity (Wildman–Crippen MR) is 105 cm³/mol. The number of aryl methyl sites for hydroxylation is 2. The molecule has 0 aliphatic heterocycles. The Balaban J connectivity index is 0.000000366. The number of fused-ring (bicyclic) bond motifs is 1. The number of pyridine rings is 1. The molecule has 0 spiro atoms. The summed E-state index contributed by atoms with van der Waals surface area (Å²) in [6.45, 7) is 12.6. The molecule has 0 unspecified atom stereocenters. The van der Waals surface area contributed by atoms with E-state index >= 15 is 0 Å². The maximum absolute atomic E-state index is 8.48. The number of nitrogens with zero attached hydrogens (tertiary/aromatic N) is 1. The maximum Gasteiger partial charge on any atom is 0.0595 e.